The van der Waals surface area contributed by atoms with Gasteiger partial charge in [-0.25, -0.2) is 19.2 Å². The lowest BCUT2D eigenvalue weighted by molar-refractivity contribution is -0.159. The fraction of sp³-hybridized carbons (Fsp3) is 0.342. The van der Waals surface area contributed by atoms with E-state index in [9.17, 15) is 4.79 Å². The standard InChI is InChI=1S/C34H38N2O3S.2C2H2O4/c1-25-24-27(12-15-30(25)39-23-21-36-18-6-7-19-36)33(37)32-29-8-2-3-9-31(29)40-34(32)26-10-13-28(14-11-26)38-22-20-35-16-4-5-17-35;2*3-1(4)2(5)6/h2-3,8-15,24H,4-7,16-23H2,1H3;2*(H,3,4)(H,5,6). The zero-order chi connectivity index (χ0) is 37.6. The highest BCUT2D eigenvalue weighted by atomic mass is 32.1. The van der Waals surface area contributed by atoms with Crippen LogP contribution in [-0.2, 0) is 19.2 Å². The lowest BCUT2D eigenvalue weighted by atomic mass is 9.96. The molecule has 0 atom stereocenters. The number of carboxylic acids is 4. The number of benzene rings is 3. The van der Waals surface area contributed by atoms with Crippen LogP contribution in [0.15, 0.2) is 66.7 Å². The van der Waals surface area contributed by atoms with E-state index < -0.39 is 23.9 Å². The van der Waals surface area contributed by atoms with Crippen LogP contribution in [0.5, 0.6) is 11.5 Å². The number of aryl methyl sites for hydroxylation is 1. The number of hydrogen-bond acceptors (Lipinski definition) is 10. The highest BCUT2D eigenvalue weighted by Gasteiger charge is 2.22. The molecular weight excluding hydrogens is 692 g/mol. The van der Waals surface area contributed by atoms with Crippen molar-refractivity contribution in [1.29, 1.82) is 0 Å². The molecule has 13 nitrogen and oxygen atoms in total. The summed E-state index contributed by atoms with van der Waals surface area (Å²) in [5.41, 5.74) is 3.49. The van der Waals surface area contributed by atoms with Crippen LogP contribution in [0.4, 0.5) is 0 Å². The van der Waals surface area contributed by atoms with E-state index >= 15 is 0 Å². The second-order valence-corrected chi connectivity index (χ2v) is 13.2. The van der Waals surface area contributed by atoms with E-state index in [1.807, 2.05) is 49.4 Å². The average Bonchev–Trinajstić information content (AvgIpc) is 3.92. The number of carboxylic acid groups (broad SMARTS) is 4. The zero-order valence-corrected chi connectivity index (χ0v) is 29.6. The van der Waals surface area contributed by atoms with Crippen molar-refractivity contribution in [2.45, 2.75) is 32.6 Å². The number of ketones is 1. The molecular formula is C38H42N2O11S. The van der Waals surface area contributed by atoms with E-state index in [4.69, 9.17) is 49.1 Å². The predicted molar refractivity (Wildman–Crippen MR) is 195 cm³/mol. The number of hydrogen-bond donors (Lipinski definition) is 4. The Morgan fingerprint density at radius 1 is 0.673 bits per heavy atom. The van der Waals surface area contributed by atoms with Crippen LogP contribution >= 0.6 is 11.3 Å². The Kier molecular flexibility index (Phi) is 14.7. The molecule has 276 valence electrons. The van der Waals surface area contributed by atoms with Gasteiger partial charge < -0.3 is 29.9 Å². The molecule has 6 rings (SSSR count). The first-order chi connectivity index (χ1) is 24.9. The molecule has 2 aliphatic rings. The van der Waals surface area contributed by atoms with Crippen LogP contribution in [0.3, 0.4) is 0 Å². The summed E-state index contributed by atoms with van der Waals surface area (Å²) in [6, 6.07) is 22.2. The SMILES string of the molecule is Cc1cc(C(=O)c2c(-c3ccc(OCCN4CCCC4)cc3)sc3ccccc23)ccc1OCCN1CCCC1.O=C(O)C(=O)O.O=C(O)C(=O)O. The van der Waals surface area contributed by atoms with Gasteiger partial charge in [-0.15, -0.1) is 11.3 Å². The summed E-state index contributed by atoms with van der Waals surface area (Å²) in [5.74, 6) is -5.53. The minimum absolute atomic E-state index is 0.0464. The van der Waals surface area contributed by atoms with Gasteiger partial charge in [0.1, 0.15) is 24.7 Å². The summed E-state index contributed by atoms with van der Waals surface area (Å²) < 4.78 is 13.2. The first kappa shape index (κ1) is 39.5. The number of ether oxygens (including phenoxy) is 2. The van der Waals surface area contributed by atoms with Gasteiger partial charge in [0.15, 0.2) is 5.78 Å². The highest BCUT2D eigenvalue weighted by molar-refractivity contribution is 7.22. The summed E-state index contributed by atoms with van der Waals surface area (Å²) in [7, 11) is 0. The van der Waals surface area contributed by atoms with Crippen molar-refractivity contribution in [3.8, 4) is 21.9 Å². The van der Waals surface area contributed by atoms with Crippen molar-refractivity contribution < 1.29 is 53.9 Å². The van der Waals surface area contributed by atoms with Gasteiger partial charge in [0.05, 0.1) is 0 Å². The molecule has 14 heteroatoms. The average molecular weight is 735 g/mol. The Morgan fingerprint density at radius 2 is 1.19 bits per heavy atom. The van der Waals surface area contributed by atoms with Crippen molar-refractivity contribution in [3.05, 3.63) is 83.4 Å². The number of carbonyl (C=O) groups is 5. The molecule has 4 aromatic rings. The van der Waals surface area contributed by atoms with Crippen molar-refractivity contribution in [2.75, 3.05) is 52.5 Å². The van der Waals surface area contributed by atoms with E-state index in [0.717, 1.165) is 56.2 Å². The fourth-order valence-electron chi connectivity index (χ4n) is 5.86. The maximum Gasteiger partial charge on any atom is 0.414 e. The lowest BCUT2D eigenvalue weighted by Gasteiger charge is -2.16. The summed E-state index contributed by atoms with van der Waals surface area (Å²) >= 11 is 1.67. The predicted octanol–water partition coefficient (Wildman–Crippen LogP) is 5.37. The Hall–Kier alpha value is -5.31. The molecule has 2 fully saturated rings. The van der Waals surface area contributed by atoms with E-state index in [0.29, 0.717) is 18.8 Å². The molecule has 0 amide bonds. The number of rotatable bonds is 11. The topological polar surface area (TPSA) is 191 Å². The van der Waals surface area contributed by atoms with Gasteiger partial charge in [0.2, 0.25) is 0 Å². The molecule has 52 heavy (non-hydrogen) atoms. The Bertz CT molecular complexity index is 1810. The number of aliphatic carboxylic acids is 4. The third kappa shape index (κ3) is 11.4. The molecule has 0 unspecified atom stereocenters. The highest BCUT2D eigenvalue weighted by Crippen LogP contribution is 2.40. The Labute approximate surface area is 304 Å². The van der Waals surface area contributed by atoms with Crippen LogP contribution in [-0.4, -0.2) is 112 Å². The molecule has 4 N–H and O–H groups in total. The molecule has 2 aliphatic heterocycles. The van der Waals surface area contributed by atoms with Gasteiger partial charge in [0.25, 0.3) is 0 Å². The minimum Gasteiger partial charge on any atom is -0.492 e. The summed E-state index contributed by atoms with van der Waals surface area (Å²) in [6.07, 6.45) is 5.15. The normalized spacial score (nSPS) is 14.1. The third-order valence-electron chi connectivity index (χ3n) is 8.48. The number of carbonyl (C=O) groups excluding carboxylic acids is 1. The maximum absolute atomic E-state index is 14.0. The Balaban J connectivity index is 0.000000436. The summed E-state index contributed by atoms with van der Waals surface area (Å²) in [6.45, 7) is 10.0. The van der Waals surface area contributed by atoms with E-state index in [1.54, 1.807) is 11.3 Å². The van der Waals surface area contributed by atoms with Crippen LogP contribution in [0.25, 0.3) is 20.5 Å². The van der Waals surface area contributed by atoms with Gasteiger partial charge in [0, 0.05) is 39.2 Å². The monoisotopic (exact) mass is 734 g/mol. The van der Waals surface area contributed by atoms with Crippen molar-refractivity contribution in [2.24, 2.45) is 0 Å². The van der Waals surface area contributed by atoms with Gasteiger partial charge in [-0.3, -0.25) is 14.6 Å². The third-order valence-corrected chi connectivity index (χ3v) is 9.70. The van der Waals surface area contributed by atoms with Gasteiger partial charge in [-0.05, 0) is 118 Å². The molecule has 0 spiro atoms. The van der Waals surface area contributed by atoms with Crippen LogP contribution in [0, 0.1) is 6.92 Å². The quantitative estimate of drug-likeness (QED) is 0.114. The maximum atomic E-state index is 14.0. The fourth-order valence-corrected chi connectivity index (χ4v) is 7.07. The van der Waals surface area contributed by atoms with Crippen LogP contribution in [0.2, 0.25) is 0 Å². The molecule has 2 saturated heterocycles. The molecule has 0 bridgehead atoms. The van der Waals surface area contributed by atoms with E-state index in [2.05, 4.69) is 34.1 Å². The summed E-state index contributed by atoms with van der Waals surface area (Å²) in [5, 5.41) is 30.6. The molecule has 0 saturated carbocycles. The second-order valence-electron chi connectivity index (χ2n) is 12.2. The van der Waals surface area contributed by atoms with E-state index in [1.165, 1.54) is 51.9 Å². The van der Waals surface area contributed by atoms with Crippen LogP contribution in [0.1, 0.15) is 47.2 Å². The first-order valence-corrected chi connectivity index (χ1v) is 17.7. The lowest BCUT2D eigenvalue weighted by Crippen LogP contribution is -2.25. The minimum atomic E-state index is -1.82. The Morgan fingerprint density at radius 3 is 1.71 bits per heavy atom. The molecule has 1 aromatic heterocycles. The summed E-state index contributed by atoms with van der Waals surface area (Å²) in [4.78, 5) is 56.3. The number of likely N-dealkylation sites (tertiary alicyclic amines) is 2. The van der Waals surface area contributed by atoms with Crippen molar-refractivity contribution in [1.82, 2.24) is 9.80 Å². The first-order valence-electron chi connectivity index (χ1n) is 16.8. The van der Waals surface area contributed by atoms with Gasteiger partial charge in [-0.1, -0.05) is 18.2 Å². The molecule has 3 aromatic carbocycles. The van der Waals surface area contributed by atoms with Crippen LogP contribution < -0.4 is 9.47 Å². The van der Waals surface area contributed by atoms with E-state index in [-0.39, 0.29) is 5.78 Å². The van der Waals surface area contributed by atoms with Gasteiger partial charge >= 0.3 is 23.9 Å². The molecule has 0 radical (unpaired) electrons. The smallest absolute Gasteiger partial charge is 0.414 e. The van der Waals surface area contributed by atoms with Crippen molar-refractivity contribution in [3.63, 3.8) is 0 Å². The molecule has 0 aliphatic carbocycles. The second kappa shape index (κ2) is 19.3. The number of thiophene rings is 1. The van der Waals surface area contributed by atoms with Gasteiger partial charge in [-0.2, -0.15) is 0 Å². The number of nitrogens with zero attached hydrogens (tertiary/aromatic N) is 2. The molecule has 3 heterocycles. The van der Waals surface area contributed by atoms with Crippen molar-refractivity contribution >= 4 is 51.1 Å². The zero-order valence-electron chi connectivity index (χ0n) is 28.8. The largest absolute Gasteiger partial charge is 0.492 e. The number of fused-ring (bicyclic) bond motifs is 1.